The molecule has 0 atom stereocenters. The van der Waals surface area contributed by atoms with Gasteiger partial charge in [-0.2, -0.15) is 0 Å². The van der Waals surface area contributed by atoms with Gasteiger partial charge in [0.1, 0.15) is 11.5 Å². The molecule has 1 heterocycles. The number of carbonyl (C=O) groups is 1. The third-order valence-electron chi connectivity index (χ3n) is 3.90. The Morgan fingerprint density at radius 3 is 2.67 bits per heavy atom. The highest BCUT2D eigenvalue weighted by Gasteiger charge is 2.19. The van der Waals surface area contributed by atoms with Gasteiger partial charge in [0.25, 0.3) is 0 Å². The number of rotatable bonds is 5. The molecule has 1 saturated heterocycles. The van der Waals surface area contributed by atoms with Crippen molar-refractivity contribution in [2.24, 2.45) is 0 Å². The largest absolute Gasteiger partial charge is 0.370 e. The lowest BCUT2D eigenvalue weighted by atomic mass is 10.2. The summed E-state index contributed by atoms with van der Waals surface area (Å²) < 4.78 is 14.2. The summed E-state index contributed by atoms with van der Waals surface area (Å²) in [7, 11) is 0. The molecule has 1 N–H and O–H groups in total. The minimum atomic E-state index is -0.407. The van der Waals surface area contributed by atoms with Gasteiger partial charge in [-0.1, -0.05) is 29.8 Å². The first-order chi connectivity index (χ1) is 11.6. The van der Waals surface area contributed by atoms with Gasteiger partial charge in [0.15, 0.2) is 0 Å². The molecule has 0 unspecified atom stereocenters. The van der Waals surface area contributed by atoms with Crippen LogP contribution in [0, 0.1) is 5.82 Å². The predicted octanol–water partition coefficient (Wildman–Crippen LogP) is 4.81. The fraction of sp³-hybridized carbons (Fsp3) is 0.278. The van der Waals surface area contributed by atoms with E-state index in [0.29, 0.717) is 5.02 Å². The summed E-state index contributed by atoms with van der Waals surface area (Å²) in [5, 5.41) is 3.34. The molecule has 1 aliphatic heterocycles. The molecule has 24 heavy (non-hydrogen) atoms. The predicted molar refractivity (Wildman–Crippen MR) is 98.7 cm³/mol. The van der Waals surface area contributed by atoms with Crippen LogP contribution in [0.15, 0.2) is 47.4 Å². The van der Waals surface area contributed by atoms with Gasteiger partial charge in [-0.05, 0) is 37.1 Å². The van der Waals surface area contributed by atoms with E-state index in [4.69, 9.17) is 11.6 Å². The van der Waals surface area contributed by atoms with Crippen molar-refractivity contribution < 1.29 is 9.18 Å². The maximum absolute atomic E-state index is 14.2. The summed E-state index contributed by atoms with van der Waals surface area (Å²) in [5.74, 6) is -0.474. The Morgan fingerprint density at radius 1 is 1.17 bits per heavy atom. The monoisotopic (exact) mass is 364 g/mol. The first kappa shape index (κ1) is 17.1. The molecule has 2 aromatic rings. The van der Waals surface area contributed by atoms with Crippen molar-refractivity contribution in [3.05, 3.63) is 53.3 Å². The number of anilines is 2. The van der Waals surface area contributed by atoms with Gasteiger partial charge < -0.3 is 10.2 Å². The van der Waals surface area contributed by atoms with Gasteiger partial charge in [0.05, 0.1) is 16.5 Å². The number of nitrogens with one attached hydrogen (secondary N) is 1. The highest BCUT2D eigenvalue weighted by atomic mass is 35.5. The van der Waals surface area contributed by atoms with Gasteiger partial charge in [0.2, 0.25) is 5.91 Å². The van der Waals surface area contributed by atoms with Crippen molar-refractivity contribution in [2.45, 2.75) is 17.7 Å². The molecule has 0 spiro atoms. The van der Waals surface area contributed by atoms with E-state index in [1.165, 1.54) is 17.8 Å². The average molecular weight is 365 g/mol. The van der Waals surface area contributed by atoms with E-state index in [1.807, 2.05) is 24.3 Å². The molecule has 2 aromatic carbocycles. The normalized spacial score (nSPS) is 14.0. The molecular formula is C18H18ClFN2OS. The van der Waals surface area contributed by atoms with Crippen molar-refractivity contribution in [3.63, 3.8) is 0 Å². The smallest absolute Gasteiger partial charge is 0.234 e. The van der Waals surface area contributed by atoms with Gasteiger partial charge in [-0.3, -0.25) is 4.79 Å². The van der Waals surface area contributed by atoms with Crippen LogP contribution in [-0.4, -0.2) is 24.7 Å². The number of benzene rings is 2. The highest BCUT2D eigenvalue weighted by molar-refractivity contribution is 8.00. The SMILES string of the molecule is O=C(CSc1ccccc1Cl)Nc1c(F)cccc1N1CCCC1. The second-order valence-corrected chi connectivity index (χ2v) is 7.02. The quantitative estimate of drug-likeness (QED) is 0.773. The fourth-order valence-corrected chi connectivity index (χ4v) is 3.78. The molecule has 0 aromatic heterocycles. The van der Waals surface area contributed by atoms with Crippen LogP contribution in [0.5, 0.6) is 0 Å². The van der Waals surface area contributed by atoms with Gasteiger partial charge in [-0.25, -0.2) is 4.39 Å². The molecule has 3 rings (SSSR count). The second-order valence-electron chi connectivity index (χ2n) is 5.60. The lowest BCUT2D eigenvalue weighted by molar-refractivity contribution is -0.113. The van der Waals surface area contributed by atoms with Crippen molar-refractivity contribution in [3.8, 4) is 0 Å². The van der Waals surface area contributed by atoms with Crippen molar-refractivity contribution in [1.82, 2.24) is 0 Å². The Morgan fingerprint density at radius 2 is 1.92 bits per heavy atom. The number of carbonyl (C=O) groups excluding carboxylic acids is 1. The third-order valence-corrected chi connectivity index (χ3v) is 5.41. The number of hydrogen-bond acceptors (Lipinski definition) is 3. The molecule has 0 radical (unpaired) electrons. The van der Waals surface area contributed by atoms with E-state index in [-0.39, 0.29) is 17.3 Å². The number of halogens is 2. The van der Waals surface area contributed by atoms with E-state index < -0.39 is 5.82 Å². The van der Waals surface area contributed by atoms with Gasteiger partial charge >= 0.3 is 0 Å². The van der Waals surface area contributed by atoms with Crippen LogP contribution in [0.4, 0.5) is 15.8 Å². The molecule has 126 valence electrons. The molecule has 1 fully saturated rings. The standard InChI is InChI=1S/C18H18ClFN2OS/c19-13-6-1-2-9-16(13)24-12-17(23)21-18-14(20)7-5-8-15(18)22-10-3-4-11-22/h1-2,5-9H,3-4,10-12H2,(H,21,23). The summed E-state index contributed by atoms with van der Waals surface area (Å²) >= 11 is 7.42. The maximum atomic E-state index is 14.2. The molecular weight excluding hydrogens is 347 g/mol. The summed E-state index contributed by atoms with van der Waals surface area (Å²) in [6.45, 7) is 1.78. The van der Waals surface area contributed by atoms with Crippen LogP contribution in [0.1, 0.15) is 12.8 Å². The van der Waals surface area contributed by atoms with Gasteiger partial charge in [-0.15, -0.1) is 11.8 Å². The van der Waals surface area contributed by atoms with Crippen LogP contribution in [-0.2, 0) is 4.79 Å². The van der Waals surface area contributed by atoms with E-state index in [9.17, 15) is 9.18 Å². The van der Waals surface area contributed by atoms with Crippen LogP contribution in [0.2, 0.25) is 5.02 Å². The highest BCUT2D eigenvalue weighted by Crippen LogP contribution is 2.32. The van der Waals surface area contributed by atoms with Crippen molar-refractivity contribution in [2.75, 3.05) is 29.1 Å². The van der Waals surface area contributed by atoms with Crippen LogP contribution < -0.4 is 10.2 Å². The minimum Gasteiger partial charge on any atom is -0.370 e. The molecule has 0 aliphatic carbocycles. The summed E-state index contributed by atoms with van der Waals surface area (Å²) in [6.07, 6.45) is 2.18. The zero-order valence-corrected chi connectivity index (χ0v) is 14.7. The van der Waals surface area contributed by atoms with Crippen LogP contribution in [0.25, 0.3) is 0 Å². The Bertz CT molecular complexity index is 735. The molecule has 3 nitrogen and oxygen atoms in total. The fourth-order valence-electron chi connectivity index (χ4n) is 2.74. The van der Waals surface area contributed by atoms with Gasteiger partial charge in [0, 0.05) is 18.0 Å². The lowest BCUT2D eigenvalue weighted by Gasteiger charge is -2.22. The van der Waals surface area contributed by atoms with E-state index >= 15 is 0 Å². The number of hydrogen-bond donors (Lipinski definition) is 1. The van der Waals surface area contributed by atoms with E-state index in [2.05, 4.69) is 10.2 Å². The summed E-state index contributed by atoms with van der Waals surface area (Å²) in [6, 6.07) is 12.3. The zero-order chi connectivity index (χ0) is 16.9. The Balaban J connectivity index is 1.69. The summed E-state index contributed by atoms with van der Waals surface area (Å²) in [4.78, 5) is 15.2. The minimum absolute atomic E-state index is 0.178. The van der Waals surface area contributed by atoms with Crippen LogP contribution in [0.3, 0.4) is 0 Å². The number of nitrogens with zero attached hydrogens (tertiary/aromatic N) is 1. The number of amides is 1. The van der Waals surface area contributed by atoms with Crippen LogP contribution >= 0.6 is 23.4 Å². The number of thioether (sulfide) groups is 1. The molecule has 6 heteroatoms. The average Bonchev–Trinajstić information content (AvgIpc) is 3.10. The maximum Gasteiger partial charge on any atom is 0.234 e. The first-order valence-corrected chi connectivity index (χ1v) is 9.22. The Kier molecular flexibility index (Phi) is 5.63. The molecule has 0 saturated carbocycles. The third kappa shape index (κ3) is 4.02. The first-order valence-electron chi connectivity index (χ1n) is 7.86. The van der Waals surface area contributed by atoms with Crippen molar-refractivity contribution >= 4 is 40.6 Å². The molecule has 1 amide bonds. The topological polar surface area (TPSA) is 32.3 Å². The Hall–Kier alpha value is -1.72. The number of para-hydroxylation sites is 1. The second kappa shape index (κ2) is 7.90. The van der Waals surface area contributed by atoms with Crippen molar-refractivity contribution in [1.29, 1.82) is 0 Å². The molecule has 1 aliphatic rings. The lowest BCUT2D eigenvalue weighted by Crippen LogP contribution is -2.22. The zero-order valence-electron chi connectivity index (χ0n) is 13.1. The van der Waals surface area contributed by atoms with E-state index in [1.54, 1.807) is 12.1 Å². The molecule has 0 bridgehead atoms. The summed E-state index contributed by atoms with van der Waals surface area (Å²) in [5.41, 5.74) is 1.02. The Labute approximate surface area is 150 Å². The van der Waals surface area contributed by atoms with E-state index in [0.717, 1.165) is 36.5 Å².